The quantitative estimate of drug-likeness (QED) is 0.771. The highest BCUT2D eigenvalue weighted by Gasteiger charge is 2.16. The smallest absolute Gasteiger partial charge is 0.338 e. The van der Waals surface area contributed by atoms with Crippen molar-refractivity contribution in [1.29, 1.82) is 0 Å². The summed E-state index contributed by atoms with van der Waals surface area (Å²) >= 11 is 0. The molecule has 0 aromatic heterocycles. The molecular formula is C15H12F2O2. The molecule has 0 amide bonds. The van der Waals surface area contributed by atoms with Crippen LogP contribution in [0.5, 0.6) is 0 Å². The van der Waals surface area contributed by atoms with Crippen LogP contribution in [0.2, 0.25) is 0 Å². The maximum atomic E-state index is 13.3. The Morgan fingerprint density at radius 1 is 1.11 bits per heavy atom. The number of rotatable bonds is 2. The minimum Gasteiger partial charge on any atom is -0.465 e. The molecule has 0 aliphatic rings. The highest BCUT2D eigenvalue weighted by Crippen LogP contribution is 2.28. The summed E-state index contributed by atoms with van der Waals surface area (Å²) in [5.74, 6) is -1.91. The summed E-state index contributed by atoms with van der Waals surface area (Å²) in [6.45, 7) is 1.74. The molecule has 4 heteroatoms. The van der Waals surface area contributed by atoms with Crippen LogP contribution < -0.4 is 0 Å². The van der Waals surface area contributed by atoms with Gasteiger partial charge < -0.3 is 4.74 Å². The molecule has 0 aliphatic heterocycles. The van der Waals surface area contributed by atoms with Gasteiger partial charge in [0.1, 0.15) is 11.6 Å². The van der Waals surface area contributed by atoms with E-state index in [-0.39, 0.29) is 0 Å². The number of methoxy groups -OCH3 is 1. The molecule has 98 valence electrons. The number of hydrogen-bond donors (Lipinski definition) is 0. The number of benzene rings is 2. The summed E-state index contributed by atoms with van der Waals surface area (Å²) in [5.41, 5.74) is 1.76. The molecular weight excluding hydrogens is 250 g/mol. The molecule has 0 aliphatic carbocycles. The van der Waals surface area contributed by atoms with Crippen molar-refractivity contribution in [2.45, 2.75) is 6.92 Å². The van der Waals surface area contributed by atoms with Gasteiger partial charge in [0.25, 0.3) is 0 Å². The fourth-order valence-electron chi connectivity index (χ4n) is 1.99. The molecule has 0 fully saturated rings. The second-order valence-electron chi connectivity index (χ2n) is 4.15. The van der Waals surface area contributed by atoms with Crippen LogP contribution in [0.25, 0.3) is 11.1 Å². The second kappa shape index (κ2) is 5.18. The molecule has 0 saturated carbocycles. The average molecular weight is 262 g/mol. The van der Waals surface area contributed by atoms with Crippen molar-refractivity contribution >= 4 is 5.97 Å². The van der Waals surface area contributed by atoms with E-state index in [9.17, 15) is 13.6 Å². The number of carbonyl (C=O) groups is 1. The monoisotopic (exact) mass is 262 g/mol. The summed E-state index contributed by atoms with van der Waals surface area (Å²) in [6, 6.07) is 8.25. The van der Waals surface area contributed by atoms with Gasteiger partial charge >= 0.3 is 5.97 Å². The average Bonchev–Trinajstić information content (AvgIpc) is 2.36. The maximum absolute atomic E-state index is 13.3. The van der Waals surface area contributed by atoms with E-state index in [4.69, 9.17) is 4.74 Å². The zero-order valence-corrected chi connectivity index (χ0v) is 10.5. The molecule has 19 heavy (non-hydrogen) atoms. The predicted molar refractivity (Wildman–Crippen MR) is 67.9 cm³/mol. The number of halogens is 2. The molecule has 0 bridgehead atoms. The minimum absolute atomic E-state index is 0.307. The number of hydrogen-bond acceptors (Lipinski definition) is 2. The lowest BCUT2D eigenvalue weighted by molar-refractivity contribution is 0.0601. The zero-order chi connectivity index (χ0) is 14.0. The Balaban J connectivity index is 2.68. The Hall–Kier alpha value is -2.23. The van der Waals surface area contributed by atoms with Crippen molar-refractivity contribution in [1.82, 2.24) is 0 Å². The van der Waals surface area contributed by atoms with E-state index in [0.717, 1.165) is 6.07 Å². The minimum atomic E-state index is -0.688. The van der Waals surface area contributed by atoms with Crippen LogP contribution in [0.15, 0.2) is 36.4 Å². The Morgan fingerprint density at radius 3 is 2.32 bits per heavy atom. The third kappa shape index (κ3) is 2.62. The summed E-state index contributed by atoms with van der Waals surface area (Å²) in [4.78, 5) is 11.8. The van der Waals surface area contributed by atoms with Gasteiger partial charge in [-0.2, -0.15) is 0 Å². The van der Waals surface area contributed by atoms with Gasteiger partial charge in [0.2, 0.25) is 0 Å². The normalized spacial score (nSPS) is 10.3. The van der Waals surface area contributed by atoms with Crippen LogP contribution in [0, 0.1) is 18.6 Å². The summed E-state index contributed by atoms with van der Waals surface area (Å²) in [5, 5.41) is 0. The maximum Gasteiger partial charge on any atom is 0.338 e. The van der Waals surface area contributed by atoms with Crippen molar-refractivity contribution in [2.75, 3.05) is 7.11 Å². The first kappa shape index (κ1) is 13.2. The third-order valence-corrected chi connectivity index (χ3v) is 2.84. The van der Waals surface area contributed by atoms with Crippen molar-refractivity contribution < 1.29 is 18.3 Å². The third-order valence-electron chi connectivity index (χ3n) is 2.84. The lowest BCUT2D eigenvalue weighted by Crippen LogP contribution is -2.06. The van der Waals surface area contributed by atoms with Gasteiger partial charge in [-0.25, -0.2) is 13.6 Å². The first-order valence-electron chi connectivity index (χ1n) is 5.67. The molecule has 2 aromatic carbocycles. The molecule has 0 N–H and O–H groups in total. The van der Waals surface area contributed by atoms with Gasteiger partial charge in [-0.3, -0.25) is 0 Å². The van der Waals surface area contributed by atoms with E-state index in [0.29, 0.717) is 22.3 Å². The van der Waals surface area contributed by atoms with Crippen molar-refractivity contribution in [3.63, 3.8) is 0 Å². The van der Waals surface area contributed by atoms with E-state index < -0.39 is 17.6 Å². The van der Waals surface area contributed by atoms with Crippen LogP contribution in [-0.4, -0.2) is 13.1 Å². The largest absolute Gasteiger partial charge is 0.465 e. The van der Waals surface area contributed by atoms with E-state index >= 15 is 0 Å². The van der Waals surface area contributed by atoms with Crippen molar-refractivity contribution in [3.8, 4) is 11.1 Å². The molecule has 0 spiro atoms. The fraction of sp³-hybridized carbons (Fsp3) is 0.133. The molecule has 0 radical (unpaired) electrons. The van der Waals surface area contributed by atoms with Gasteiger partial charge in [0, 0.05) is 6.07 Å². The molecule has 2 nitrogen and oxygen atoms in total. The van der Waals surface area contributed by atoms with Crippen LogP contribution in [0.4, 0.5) is 8.78 Å². The Kier molecular flexibility index (Phi) is 3.60. The van der Waals surface area contributed by atoms with E-state index in [2.05, 4.69) is 0 Å². The molecule has 0 heterocycles. The van der Waals surface area contributed by atoms with Gasteiger partial charge in [-0.1, -0.05) is 18.2 Å². The number of carbonyl (C=O) groups excluding carboxylic acids is 1. The van der Waals surface area contributed by atoms with Crippen molar-refractivity contribution in [3.05, 3.63) is 59.2 Å². The summed E-state index contributed by atoms with van der Waals surface area (Å²) in [7, 11) is 1.27. The lowest BCUT2D eigenvalue weighted by Gasteiger charge is -2.11. The molecule has 2 aromatic rings. The number of ether oxygens (including phenoxy) is 1. The van der Waals surface area contributed by atoms with Crippen LogP contribution in [0.1, 0.15) is 15.9 Å². The zero-order valence-electron chi connectivity index (χ0n) is 10.5. The van der Waals surface area contributed by atoms with E-state index in [1.165, 1.54) is 19.2 Å². The molecule has 0 saturated heterocycles. The van der Waals surface area contributed by atoms with Crippen LogP contribution >= 0.6 is 0 Å². The fourth-order valence-corrected chi connectivity index (χ4v) is 1.99. The first-order valence-corrected chi connectivity index (χ1v) is 5.67. The number of esters is 1. The Morgan fingerprint density at radius 2 is 1.74 bits per heavy atom. The Labute approximate surface area is 109 Å². The van der Waals surface area contributed by atoms with Gasteiger partial charge in [0.05, 0.1) is 12.7 Å². The summed E-state index contributed by atoms with van der Waals surface area (Å²) in [6.07, 6.45) is 0. The van der Waals surface area contributed by atoms with Crippen LogP contribution in [-0.2, 0) is 4.74 Å². The van der Waals surface area contributed by atoms with E-state index in [1.807, 2.05) is 0 Å². The van der Waals surface area contributed by atoms with E-state index in [1.54, 1.807) is 25.1 Å². The Bertz CT molecular complexity index is 616. The topological polar surface area (TPSA) is 26.3 Å². The van der Waals surface area contributed by atoms with Gasteiger partial charge in [-0.15, -0.1) is 0 Å². The van der Waals surface area contributed by atoms with Crippen molar-refractivity contribution in [2.24, 2.45) is 0 Å². The van der Waals surface area contributed by atoms with Gasteiger partial charge in [-0.05, 0) is 35.7 Å². The summed E-state index contributed by atoms with van der Waals surface area (Å²) < 4.78 is 31.3. The molecule has 0 unspecified atom stereocenters. The highest BCUT2D eigenvalue weighted by atomic mass is 19.1. The number of aryl methyl sites for hydroxylation is 1. The molecule has 0 atom stereocenters. The molecule has 2 rings (SSSR count). The van der Waals surface area contributed by atoms with Gasteiger partial charge in [0.15, 0.2) is 0 Å². The lowest BCUT2D eigenvalue weighted by atomic mass is 9.96. The standard InChI is InChI=1S/C15H12F2O2/c1-9-4-3-5-13(14(9)15(18)19-2)10-6-11(16)8-12(17)7-10/h3-8H,1-2H3. The predicted octanol–water partition coefficient (Wildman–Crippen LogP) is 3.73. The first-order chi connectivity index (χ1) is 9.02. The second-order valence-corrected chi connectivity index (χ2v) is 4.15. The van der Waals surface area contributed by atoms with Crippen LogP contribution in [0.3, 0.4) is 0 Å². The SMILES string of the molecule is COC(=O)c1c(C)cccc1-c1cc(F)cc(F)c1. The highest BCUT2D eigenvalue weighted by molar-refractivity contribution is 5.98.